The largest absolute Gasteiger partial charge is 0.497 e. The van der Waals surface area contributed by atoms with Crippen LogP contribution in [0.1, 0.15) is 47.2 Å². The lowest BCUT2D eigenvalue weighted by molar-refractivity contribution is -0.126. The van der Waals surface area contributed by atoms with Crippen molar-refractivity contribution in [1.82, 2.24) is 35.4 Å². The zero-order valence-electron chi connectivity index (χ0n) is 26.9. The van der Waals surface area contributed by atoms with Crippen molar-refractivity contribution in [3.05, 3.63) is 107 Å². The fourth-order valence-corrected chi connectivity index (χ4v) is 6.80. The fraction of sp³-hybridized carbons (Fsp3) is 0.324. The lowest BCUT2D eigenvalue weighted by Crippen LogP contribution is -2.41. The van der Waals surface area contributed by atoms with Crippen LogP contribution in [-0.2, 0) is 30.6 Å². The third-order valence-corrected chi connectivity index (χ3v) is 9.41. The number of benzene rings is 3. The van der Waals surface area contributed by atoms with Gasteiger partial charge in [0.1, 0.15) is 17.3 Å². The minimum atomic E-state index is -0.393. The molecule has 7 rings (SSSR count). The van der Waals surface area contributed by atoms with Crippen LogP contribution in [0.4, 0.5) is 0 Å². The van der Waals surface area contributed by atoms with Gasteiger partial charge in [-0.25, -0.2) is 0 Å². The molecular weight excluding hydrogens is 590 g/mol. The van der Waals surface area contributed by atoms with Gasteiger partial charge in [0.2, 0.25) is 5.91 Å². The summed E-state index contributed by atoms with van der Waals surface area (Å²) in [5.41, 5.74) is 5.50. The average Bonchev–Trinajstić information content (AvgIpc) is 3.84. The van der Waals surface area contributed by atoms with Crippen LogP contribution in [0.3, 0.4) is 0 Å². The Morgan fingerprint density at radius 1 is 0.872 bits per heavy atom. The van der Waals surface area contributed by atoms with E-state index in [0.29, 0.717) is 19.4 Å². The van der Waals surface area contributed by atoms with Crippen LogP contribution in [0.2, 0.25) is 0 Å². The SMILES string of the molecule is COc1ccc(Cn2c(CCc3c[nH]c4ccccc34)nnc2[C@@H](Cc2c[nH]c3ccccc23)NC(=O)C2CCNCC2)c(OC)c1. The van der Waals surface area contributed by atoms with E-state index in [4.69, 9.17) is 19.7 Å². The third-order valence-electron chi connectivity index (χ3n) is 9.41. The number of nitrogens with one attached hydrogen (secondary N) is 4. The number of rotatable bonds is 12. The molecule has 0 spiro atoms. The molecule has 0 aliphatic carbocycles. The first kappa shape index (κ1) is 30.6. The molecular formula is C37H41N7O3. The molecule has 3 aromatic heterocycles. The predicted molar refractivity (Wildman–Crippen MR) is 183 cm³/mol. The molecule has 1 saturated heterocycles. The summed E-state index contributed by atoms with van der Waals surface area (Å²) in [7, 11) is 3.32. The number of carbonyl (C=O) groups excluding carboxylic acids is 1. The van der Waals surface area contributed by atoms with Gasteiger partial charge in [0.05, 0.1) is 26.8 Å². The van der Waals surface area contributed by atoms with E-state index in [0.717, 1.165) is 83.0 Å². The highest BCUT2D eigenvalue weighted by atomic mass is 16.5. The van der Waals surface area contributed by atoms with E-state index >= 15 is 0 Å². The minimum Gasteiger partial charge on any atom is -0.497 e. The maximum atomic E-state index is 13.8. The molecule has 4 heterocycles. The van der Waals surface area contributed by atoms with Crippen LogP contribution in [-0.4, -0.2) is 57.9 Å². The number of aryl methyl sites for hydroxylation is 2. The molecule has 0 bridgehead atoms. The maximum absolute atomic E-state index is 13.8. The second-order valence-corrected chi connectivity index (χ2v) is 12.2. The molecule has 3 aromatic carbocycles. The molecule has 1 amide bonds. The van der Waals surface area contributed by atoms with E-state index in [9.17, 15) is 4.79 Å². The number of methoxy groups -OCH3 is 2. The number of aromatic nitrogens is 5. The third kappa shape index (κ3) is 6.46. The molecule has 0 radical (unpaired) electrons. The number of para-hydroxylation sites is 2. The highest BCUT2D eigenvalue weighted by Gasteiger charge is 2.29. The zero-order valence-corrected chi connectivity index (χ0v) is 26.9. The van der Waals surface area contributed by atoms with E-state index < -0.39 is 6.04 Å². The number of hydrogen-bond donors (Lipinski definition) is 4. The van der Waals surface area contributed by atoms with E-state index in [2.05, 4.69) is 61.7 Å². The molecule has 1 atom stereocenters. The monoisotopic (exact) mass is 631 g/mol. The van der Waals surface area contributed by atoms with Crippen LogP contribution < -0.4 is 20.1 Å². The second kappa shape index (κ2) is 13.7. The van der Waals surface area contributed by atoms with Crippen molar-refractivity contribution in [1.29, 1.82) is 0 Å². The van der Waals surface area contributed by atoms with Gasteiger partial charge in [0.25, 0.3) is 0 Å². The number of amides is 1. The number of ether oxygens (including phenoxy) is 2. The fourth-order valence-electron chi connectivity index (χ4n) is 6.80. The van der Waals surface area contributed by atoms with Crippen molar-refractivity contribution < 1.29 is 14.3 Å². The number of fused-ring (bicyclic) bond motifs is 2. The molecule has 10 nitrogen and oxygen atoms in total. The van der Waals surface area contributed by atoms with Gasteiger partial charge >= 0.3 is 0 Å². The molecule has 0 unspecified atom stereocenters. The van der Waals surface area contributed by atoms with Gasteiger partial charge in [0, 0.05) is 64.6 Å². The Labute approximate surface area is 273 Å². The lowest BCUT2D eigenvalue weighted by atomic mass is 9.96. The van der Waals surface area contributed by atoms with Gasteiger partial charge in [-0.1, -0.05) is 36.4 Å². The van der Waals surface area contributed by atoms with Gasteiger partial charge in [-0.3, -0.25) is 4.79 Å². The Balaban J connectivity index is 1.27. The molecule has 6 aromatic rings. The summed E-state index contributed by atoms with van der Waals surface area (Å²) in [5, 5.41) is 18.8. The normalized spacial score (nSPS) is 14.4. The van der Waals surface area contributed by atoms with Crippen LogP contribution in [0.5, 0.6) is 11.5 Å². The number of H-pyrrole nitrogens is 2. The van der Waals surface area contributed by atoms with Crippen molar-refractivity contribution in [2.75, 3.05) is 27.3 Å². The summed E-state index contributed by atoms with van der Waals surface area (Å²) in [6.07, 6.45) is 7.79. The van der Waals surface area contributed by atoms with E-state index in [1.165, 1.54) is 10.9 Å². The molecule has 4 N–H and O–H groups in total. The summed E-state index contributed by atoms with van der Waals surface area (Å²) >= 11 is 0. The Hall–Kier alpha value is -5.09. The molecule has 0 saturated carbocycles. The van der Waals surface area contributed by atoms with Gasteiger partial charge in [-0.15, -0.1) is 10.2 Å². The summed E-state index contributed by atoms with van der Waals surface area (Å²) in [6, 6.07) is 22.1. The maximum Gasteiger partial charge on any atom is 0.223 e. The van der Waals surface area contributed by atoms with E-state index in [1.807, 2.05) is 42.6 Å². The van der Waals surface area contributed by atoms with Gasteiger partial charge in [-0.05, 0) is 67.7 Å². The highest BCUT2D eigenvalue weighted by Crippen LogP contribution is 2.30. The van der Waals surface area contributed by atoms with Crippen molar-refractivity contribution in [3.63, 3.8) is 0 Å². The second-order valence-electron chi connectivity index (χ2n) is 12.2. The first-order valence-corrected chi connectivity index (χ1v) is 16.3. The predicted octanol–water partition coefficient (Wildman–Crippen LogP) is 5.49. The van der Waals surface area contributed by atoms with Crippen LogP contribution in [0.15, 0.2) is 79.1 Å². The molecule has 1 aliphatic heterocycles. The summed E-state index contributed by atoms with van der Waals surface area (Å²) in [6.45, 7) is 2.17. The molecule has 242 valence electrons. The van der Waals surface area contributed by atoms with Gasteiger partial charge in [0.15, 0.2) is 5.82 Å². The molecule has 47 heavy (non-hydrogen) atoms. The van der Waals surface area contributed by atoms with Gasteiger partial charge in [-0.2, -0.15) is 0 Å². The topological polar surface area (TPSA) is 122 Å². The van der Waals surface area contributed by atoms with Crippen LogP contribution in [0.25, 0.3) is 21.8 Å². The molecule has 1 aliphatic rings. The van der Waals surface area contributed by atoms with E-state index in [1.54, 1.807) is 14.2 Å². The van der Waals surface area contributed by atoms with Crippen LogP contribution >= 0.6 is 0 Å². The first-order valence-electron chi connectivity index (χ1n) is 16.3. The summed E-state index contributed by atoms with van der Waals surface area (Å²) in [4.78, 5) is 20.6. The Kier molecular flexibility index (Phi) is 8.92. The quantitative estimate of drug-likeness (QED) is 0.142. The highest BCUT2D eigenvalue weighted by molar-refractivity contribution is 5.84. The van der Waals surface area contributed by atoms with Crippen LogP contribution in [0, 0.1) is 5.92 Å². The average molecular weight is 632 g/mol. The Morgan fingerprint density at radius 2 is 1.57 bits per heavy atom. The number of aromatic amines is 2. The number of carbonyl (C=O) groups is 1. The number of piperidine rings is 1. The van der Waals surface area contributed by atoms with Crippen molar-refractivity contribution in [3.8, 4) is 11.5 Å². The lowest BCUT2D eigenvalue weighted by Gasteiger charge is -2.26. The van der Waals surface area contributed by atoms with Crippen molar-refractivity contribution in [2.45, 2.75) is 44.7 Å². The first-order chi connectivity index (χ1) is 23.1. The van der Waals surface area contributed by atoms with Gasteiger partial charge < -0.3 is 34.6 Å². The minimum absolute atomic E-state index is 0.0406. The Bertz CT molecular complexity index is 1980. The molecule has 1 fully saturated rings. The standard InChI is InChI=1S/C37H41N7O3/c1-46-28-13-11-26(34(20-28)47-2)23-44-35(14-12-25-21-39-31-9-5-3-7-29(25)31)42-43-36(44)33(41-37(45)24-15-17-38-18-16-24)19-27-22-40-32-10-6-4-8-30(27)32/h3-11,13,20-22,24,33,38-40H,12,14-19,23H2,1-2H3,(H,41,45)/t33-/m1/s1. The Morgan fingerprint density at radius 3 is 2.30 bits per heavy atom. The number of nitrogens with zero attached hydrogens (tertiary/aromatic N) is 3. The molecule has 10 heteroatoms. The van der Waals surface area contributed by atoms with E-state index in [-0.39, 0.29) is 11.8 Å². The smallest absolute Gasteiger partial charge is 0.223 e. The van der Waals surface area contributed by atoms with Crippen molar-refractivity contribution >= 4 is 27.7 Å². The summed E-state index contributed by atoms with van der Waals surface area (Å²) < 4.78 is 13.4. The number of hydrogen-bond acceptors (Lipinski definition) is 6. The summed E-state index contributed by atoms with van der Waals surface area (Å²) in [5.74, 6) is 3.04. The van der Waals surface area contributed by atoms with Crippen molar-refractivity contribution in [2.24, 2.45) is 5.92 Å². The zero-order chi connectivity index (χ0) is 32.2.